The Balaban J connectivity index is 3.98. The fraction of sp³-hybridized carbons (Fsp3) is 0.667. The van der Waals surface area contributed by atoms with Gasteiger partial charge in [0, 0.05) is 12.6 Å². The summed E-state index contributed by atoms with van der Waals surface area (Å²) in [6, 6.07) is -0.138. The average molecular weight is 168 g/mol. The van der Waals surface area contributed by atoms with Gasteiger partial charge in [0.15, 0.2) is 0 Å². The predicted octanol–water partition coefficient (Wildman–Crippen LogP) is 1.06. The van der Waals surface area contributed by atoms with Gasteiger partial charge in [0.05, 0.1) is 6.54 Å². The zero-order chi connectivity index (χ0) is 9.78. The number of hydrogen-bond donors (Lipinski definition) is 1. The van der Waals surface area contributed by atoms with Crippen molar-refractivity contribution in [2.75, 3.05) is 13.6 Å². The van der Waals surface area contributed by atoms with E-state index in [1.54, 1.807) is 7.05 Å². The first-order valence-electron chi connectivity index (χ1n) is 3.83. The Morgan fingerprint density at radius 2 is 2.08 bits per heavy atom. The number of carbonyl (C=O) groups excluding carboxylic acids is 1. The topological polar surface area (TPSA) is 32.3 Å². The second-order valence-corrected chi connectivity index (χ2v) is 3.74. The first kappa shape index (κ1) is 10.8. The van der Waals surface area contributed by atoms with Crippen molar-refractivity contribution < 1.29 is 4.79 Å². The zero-order valence-electron chi connectivity index (χ0n) is 8.14. The third kappa shape index (κ3) is 4.62. The molecule has 0 bridgehead atoms. The van der Waals surface area contributed by atoms with Gasteiger partial charge in [-0.25, -0.2) is 4.79 Å². The van der Waals surface area contributed by atoms with Crippen LogP contribution in [0.4, 0.5) is 4.79 Å². The number of nitrogens with one attached hydrogen (secondary N) is 1. The number of carbonyl (C=O) groups is 1. The van der Waals surface area contributed by atoms with Crippen molar-refractivity contribution in [1.29, 1.82) is 0 Å². The number of terminal acetylenes is 1. The molecule has 12 heavy (non-hydrogen) atoms. The Bertz CT molecular complexity index is 198. The number of hydrogen-bond acceptors (Lipinski definition) is 1. The van der Waals surface area contributed by atoms with E-state index >= 15 is 0 Å². The minimum Gasteiger partial charge on any atom is -0.333 e. The van der Waals surface area contributed by atoms with E-state index in [4.69, 9.17) is 6.42 Å². The standard InChI is InChI=1S/C9H16N2O/c1-6-7-11(5)8(12)10-9(2,3)4/h1H,7H2,2-5H3,(H,10,12). The Kier molecular flexibility index (Phi) is 3.62. The molecule has 0 fully saturated rings. The van der Waals surface area contributed by atoms with E-state index in [1.807, 2.05) is 20.8 Å². The Labute approximate surface area is 74.1 Å². The van der Waals surface area contributed by atoms with Crippen LogP contribution in [0.25, 0.3) is 0 Å². The minimum atomic E-state index is -0.208. The molecule has 0 aromatic heterocycles. The van der Waals surface area contributed by atoms with Crippen molar-refractivity contribution in [3.05, 3.63) is 0 Å². The molecule has 0 spiro atoms. The van der Waals surface area contributed by atoms with Crippen LogP contribution in [0.1, 0.15) is 20.8 Å². The van der Waals surface area contributed by atoms with Crippen LogP contribution in [0.3, 0.4) is 0 Å². The van der Waals surface area contributed by atoms with Crippen molar-refractivity contribution in [1.82, 2.24) is 10.2 Å². The molecular weight excluding hydrogens is 152 g/mol. The van der Waals surface area contributed by atoms with Gasteiger partial charge in [-0.05, 0) is 20.8 Å². The molecule has 3 nitrogen and oxygen atoms in total. The third-order valence-electron chi connectivity index (χ3n) is 1.16. The van der Waals surface area contributed by atoms with Gasteiger partial charge >= 0.3 is 6.03 Å². The lowest BCUT2D eigenvalue weighted by atomic mass is 10.1. The molecule has 0 saturated carbocycles. The average Bonchev–Trinajstić information content (AvgIpc) is 1.84. The largest absolute Gasteiger partial charge is 0.333 e. The summed E-state index contributed by atoms with van der Waals surface area (Å²) < 4.78 is 0. The lowest BCUT2D eigenvalue weighted by Gasteiger charge is -2.24. The van der Waals surface area contributed by atoms with Crippen molar-refractivity contribution in [3.8, 4) is 12.3 Å². The highest BCUT2D eigenvalue weighted by molar-refractivity contribution is 5.74. The van der Waals surface area contributed by atoms with Crippen LogP contribution in [0.2, 0.25) is 0 Å². The summed E-state index contributed by atoms with van der Waals surface area (Å²) in [7, 11) is 1.67. The van der Waals surface area contributed by atoms with E-state index < -0.39 is 0 Å². The molecule has 3 heteroatoms. The number of nitrogens with zero attached hydrogens (tertiary/aromatic N) is 1. The lowest BCUT2D eigenvalue weighted by molar-refractivity contribution is 0.204. The quantitative estimate of drug-likeness (QED) is 0.583. The van der Waals surface area contributed by atoms with E-state index in [0.717, 1.165) is 0 Å². The molecule has 0 unspecified atom stereocenters. The molecule has 0 rings (SSSR count). The van der Waals surface area contributed by atoms with Crippen molar-refractivity contribution in [3.63, 3.8) is 0 Å². The maximum Gasteiger partial charge on any atom is 0.318 e. The highest BCUT2D eigenvalue weighted by atomic mass is 16.2. The maximum atomic E-state index is 11.3. The summed E-state index contributed by atoms with van der Waals surface area (Å²) >= 11 is 0. The molecule has 2 amide bonds. The number of rotatable bonds is 1. The van der Waals surface area contributed by atoms with Crippen LogP contribution < -0.4 is 5.32 Å². The van der Waals surface area contributed by atoms with Gasteiger partial charge in [-0.1, -0.05) is 5.92 Å². The molecule has 0 saturated heterocycles. The normalized spacial score (nSPS) is 10.2. The molecular formula is C9H16N2O. The Morgan fingerprint density at radius 1 is 1.58 bits per heavy atom. The smallest absolute Gasteiger partial charge is 0.318 e. The zero-order valence-corrected chi connectivity index (χ0v) is 8.14. The van der Waals surface area contributed by atoms with Gasteiger partial charge in [0.1, 0.15) is 0 Å². The highest BCUT2D eigenvalue weighted by Crippen LogP contribution is 1.99. The first-order valence-corrected chi connectivity index (χ1v) is 3.83. The van der Waals surface area contributed by atoms with Crippen molar-refractivity contribution in [2.45, 2.75) is 26.3 Å². The van der Waals surface area contributed by atoms with E-state index in [9.17, 15) is 4.79 Å². The molecule has 0 aliphatic carbocycles. The van der Waals surface area contributed by atoms with Gasteiger partial charge in [0.2, 0.25) is 0 Å². The van der Waals surface area contributed by atoms with Crippen LogP contribution in [0.5, 0.6) is 0 Å². The van der Waals surface area contributed by atoms with E-state index in [1.165, 1.54) is 4.90 Å². The third-order valence-corrected chi connectivity index (χ3v) is 1.16. The van der Waals surface area contributed by atoms with Crippen LogP contribution in [0.15, 0.2) is 0 Å². The summed E-state index contributed by atoms with van der Waals surface area (Å²) in [6.07, 6.45) is 5.06. The summed E-state index contributed by atoms with van der Waals surface area (Å²) in [5.74, 6) is 2.40. The summed E-state index contributed by atoms with van der Waals surface area (Å²) in [6.45, 7) is 6.11. The van der Waals surface area contributed by atoms with E-state index in [0.29, 0.717) is 6.54 Å². The number of urea groups is 1. The molecule has 0 aromatic rings. The van der Waals surface area contributed by atoms with E-state index in [2.05, 4.69) is 11.2 Å². The molecule has 0 atom stereocenters. The molecule has 0 heterocycles. The molecule has 68 valence electrons. The molecule has 0 aliphatic heterocycles. The summed E-state index contributed by atoms with van der Waals surface area (Å²) in [5.41, 5.74) is -0.208. The van der Waals surface area contributed by atoms with Gasteiger partial charge < -0.3 is 10.2 Å². The maximum absolute atomic E-state index is 11.3. The molecule has 0 aromatic carbocycles. The second kappa shape index (κ2) is 4.01. The number of amides is 2. The lowest BCUT2D eigenvalue weighted by Crippen LogP contribution is -2.47. The fourth-order valence-electron chi connectivity index (χ4n) is 0.625. The Hall–Kier alpha value is -1.17. The van der Waals surface area contributed by atoms with Gasteiger partial charge in [-0.3, -0.25) is 0 Å². The Morgan fingerprint density at radius 3 is 2.42 bits per heavy atom. The van der Waals surface area contributed by atoms with E-state index in [-0.39, 0.29) is 11.6 Å². The molecule has 1 N–H and O–H groups in total. The second-order valence-electron chi connectivity index (χ2n) is 3.74. The van der Waals surface area contributed by atoms with Gasteiger partial charge in [-0.2, -0.15) is 0 Å². The SMILES string of the molecule is C#CCN(C)C(=O)NC(C)(C)C. The molecule has 0 aliphatic rings. The monoisotopic (exact) mass is 168 g/mol. The summed E-state index contributed by atoms with van der Waals surface area (Å²) in [4.78, 5) is 12.7. The van der Waals surface area contributed by atoms with Crippen molar-refractivity contribution >= 4 is 6.03 Å². The van der Waals surface area contributed by atoms with Crippen LogP contribution >= 0.6 is 0 Å². The fourth-order valence-corrected chi connectivity index (χ4v) is 0.625. The van der Waals surface area contributed by atoms with Gasteiger partial charge in [-0.15, -0.1) is 6.42 Å². The van der Waals surface area contributed by atoms with Crippen LogP contribution in [0, 0.1) is 12.3 Å². The van der Waals surface area contributed by atoms with Crippen LogP contribution in [-0.4, -0.2) is 30.1 Å². The molecule has 0 radical (unpaired) electrons. The van der Waals surface area contributed by atoms with Gasteiger partial charge in [0.25, 0.3) is 0 Å². The predicted molar refractivity (Wildman–Crippen MR) is 49.7 cm³/mol. The first-order chi connectivity index (χ1) is 5.37. The van der Waals surface area contributed by atoms with Crippen LogP contribution in [-0.2, 0) is 0 Å². The summed E-state index contributed by atoms with van der Waals surface area (Å²) in [5, 5.41) is 2.80. The highest BCUT2D eigenvalue weighted by Gasteiger charge is 2.15. The van der Waals surface area contributed by atoms with Crippen molar-refractivity contribution in [2.24, 2.45) is 0 Å². The minimum absolute atomic E-state index is 0.138.